The molecular weight excluding hydrogens is 561 g/mol. The number of nitrogens with one attached hydrogen (secondary N) is 2. The van der Waals surface area contributed by atoms with E-state index in [1.165, 1.54) is 54.9 Å². The van der Waals surface area contributed by atoms with Crippen molar-refractivity contribution in [3.8, 4) is 22.9 Å². The van der Waals surface area contributed by atoms with Gasteiger partial charge >= 0.3 is 18.2 Å². The smallest absolute Gasteiger partial charge is 0.417 e. The molecule has 0 saturated carbocycles. The van der Waals surface area contributed by atoms with Crippen LogP contribution in [0.3, 0.4) is 0 Å². The summed E-state index contributed by atoms with van der Waals surface area (Å²) in [4.78, 5) is 23.9. The normalized spacial score (nSPS) is 11.6. The van der Waals surface area contributed by atoms with Gasteiger partial charge in [-0.2, -0.15) is 13.2 Å². The number of ether oxygens (including phenoxy) is 1. The van der Waals surface area contributed by atoms with Gasteiger partial charge in [-0.3, -0.25) is 0 Å². The third-order valence-electron chi connectivity index (χ3n) is 5.10. The van der Waals surface area contributed by atoms with Gasteiger partial charge in [0.05, 0.1) is 34.2 Å². The van der Waals surface area contributed by atoms with Crippen molar-refractivity contribution in [3.05, 3.63) is 77.7 Å². The molecule has 4 rings (SSSR count). The first kappa shape index (κ1) is 27.6. The maximum Gasteiger partial charge on any atom is 0.417 e. The lowest BCUT2D eigenvalue weighted by atomic mass is 10.0. The average Bonchev–Trinajstić information content (AvgIpc) is 2.84. The van der Waals surface area contributed by atoms with E-state index in [0.29, 0.717) is 11.8 Å². The summed E-state index contributed by atoms with van der Waals surface area (Å²) < 4.78 is 68.5. The van der Waals surface area contributed by atoms with Gasteiger partial charge < -0.3 is 21.1 Å². The zero-order valence-electron chi connectivity index (χ0n) is 19.8. The Kier molecular flexibility index (Phi) is 7.60. The minimum absolute atomic E-state index is 0.00510. The molecule has 0 aliphatic carbocycles. The summed E-state index contributed by atoms with van der Waals surface area (Å²) >= 11 is 5.91. The van der Waals surface area contributed by atoms with Crippen LogP contribution in [-0.2, 0) is 16.0 Å². The molecular formula is C24H18ClF3N6O4S. The van der Waals surface area contributed by atoms with E-state index in [9.17, 15) is 26.4 Å². The molecule has 2 amide bonds. The fourth-order valence-corrected chi connectivity index (χ4v) is 4.31. The number of amides is 2. The highest BCUT2D eigenvalue weighted by Gasteiger charge is 2.31. The lowest BCUT2D eigenvalue weighted by Gasteiger charge is -2.12. The van der Waals surface area contributed by atoms with Gasteiger partial charge in [0.2, 0.25) is 0 Å². The van der Waals surface area contributed by atoms with Crippen LogP contribution in [0.2, 0.25) is 5.02 Å². The van der Waals surface area contributed by atoms with Crippen molar-refractivity contribution in [2.24, 2.45) is 0 Å². The van der Waals surface area contributed by atoms with Crippen molar-refractivity contribution in [3.63, 3.8) is 0 Å². The van der Waals surface area contributed by atoms with Crippen molar-refractivity contribution >= 4 is 44.7 Å². The maximum atomic E-state index is 13.0. The van der Waals surface area contributed by atoms with Crippen LogP contribution >= 0.6 is 11.6 Å². The second-order valence-corrected chi connectivity index (χ2v) is 10.4. The van der Waals surface area contributed by atoms with Gasteiger partial charge in [0.1, 0.15) is 11.6 Å². The molecule has 10 nitrogen and oxygen atoms in total. The highest BCUT2D eigenvalue weighted by Crippen LogP contribution is 2.34. The van der Waals surface area contributed by atoms with Gasteiger partial charge in [-0.25, -0.2) is 28.2 Å². The van der Waals surface area contributed by atoms with Gasteiger partial charge in [-0.15, -0.1) is 0 Å². The summed E-state index contributed by atoms with van der Waals surface area (Å²) in [5, 5.41) is 5.11. The number of aromatic nitrogens is 3. The number of carbonyl (C=O) groups is 1. The van der Waals surface area contributed by atoms with E-state index in [1.54, 1.807) is 0 Å². The molecule has 0 radical (unpaired) electrons. The molecule has 0 saturated heterocycles. The van der Waals surface area contributed by atoms with E-state index in [2.05, 4.69) is 25.6 Å². The summed E-state index contributed by atoms with van der Waals surface area (Å²) in [6, 6.07) is 10.0. The van der Waals surface area contributed by atoms with Crippen LogP contribution in [0.5, 0.6) is 11.8 Å². The molecule has 0 fully saturated rings. The maximum absolute atomic E-state index is 13.0. The molecule has 0 spiro atoms. The van der Waals surface area contributed by atoms with Gasteiger partial charge in [-0.05, 0) is 42.0 Å². The average molecular weight is 579 g/mol. The molecule has 39 heavy (non-hydrogen) atoms. The molecule has 4 N–H and O–H groups in total. The number of anilines is 3. The summed E-state index contributed by atoms with van der Waals surface area (Å²) in [6.07, 6.45) is -0.398. The third-order valence-corrected chi connectivity index (χ3v) is 6.49. The molecule has 0 aliphatic rings. The number of pyridine rings is 1. The predicted molar refractivity (Wildman–Crippen MR) is 138 cm³/mol. The Bertz CT molecular complexity index is 1630. The molecule has 0 atom stereocenters. The summed E-state index contributed by atoms with van der Waals surface area (Å²) in [7, 11) is -3.63. The highest BCUT2D eigenvalue weighted by molar-refractivity contribution is 7.90. The lowest BCUT2D eigenvalue weighted by molar-refractivity contribution is -0.137. The number of halogens is 4. The van der Waals surface area contributed by atoms with E-state index in [-0.39, 0.29) is 44.4 Å². The van der Waals surface area contributed by atoms with E-state index in [1.807, 2.05) is 0 Å². The van der Waals surface area contributed by atoms with Crippen molar-refractivity contribution in [2.45, 2.75) is 11.1 Å². The Morgan fingerprint density at radius 1 is 0.974 bits per heavy atom. The summed E-state index contributed by atoms with van der Waals surface area (Å²) in [5.41, 5.74) is 5.50. The van der Waals surface area contributed by atoms with E-state index in [4.69, 9.17) is 22.1 Å². The van der Waals surface area contributed by atoms with Gasteiger partial charge in [0.15, 0.2) is 9.84 Å². The number of alkyl halides is 3. The van der Waals surface area contributed by atoms with Crippen molar-refractivity contribution in [1.82, 2.24) is 15.0 Å². The standard InChI is InChI=1S/C24H18ClF3N6O4S/c1-39(36,37)20-7-4-15(25)9-19(20)34-22(35)33-16-11-31-23(32-12-16)38-17-5-2-13(3-6-17)18-8-14(24(26,27)28)10-30-21(18)29/h2-12H,1H3,(H2,29,30)(H2,33,34,35). The number of sulfone groups is 1. The number of nitrogens with zero attached hydrogens (tertiary/aromatic N) is 3. The number of nitrogen functional groups attached to an aromatic ring is 1. The van der Waals surface area contributed by atoms with Crippen LogP contribution in [0, 0.1) is 0 Å². The minimum Gasteiger partial charge on any atom is -0.424 e. The molecule has 2 aromatic heterocycles. The second kappa shape index (κ2) is 10.7. The van der Waals surface area contributed by atoms with Crippen LogP contribution in [0.1, 0.15) is 5.56 Å². The largest absolute Gasteiger partial charge is 0.424 e. The zero-order chi connectivity index (χ0) is 28.4. The fraction of sp³-hybridized carbons (Fsp3) is 0.0833. The number of benzene rings is 2. The third kappa shape index (κ3) is 6.91. The van der Waals surface area contributed by atoms with Crippen LogP contribution in [0.25, 0.3) is 11.1 Å². The fourth-order valence-electron chi connectivity index (χ4n) is 3.31. The van der Waals surface area contributed by atoms with Crippen molar-refractivity contribution in [1.29, 1.82) is 0 Å². The second-order valence-electron chi connectivity index (χ2n) is 8.03. The van der Waals surface area contributed by atoms with Crippen LogP contribution < -0.4 is 21.1 Å². The predicted octanol–water partition coefficient (Wildman–Crippen LogP) is 5.63. The molecule has 15 heteroatoms. The van der Waals surface area contributed by atoms with Crippen molar-refractivity contribution < 1.29 is 31.1 Å². The number of hydrogen-bond donors (Lipinski definition) is 3. The number of urea groups is 1. The highest BCUT2D eigenvalue weighted by atomic mass is 35.5. The number of hydrogen-bond acceptors (Lipinski definition) is 8. The van der Waals surface area contributed by atoms with Gasteiger partial charge in [-0.1, -0.05) is 23.7 Å². The molecule has 2 aromatic carbocycles. The van der Waals surface area contributed by atoms with Crippen LogP contribution in [-0.4, -0.2) is 35.7 Å². The Morgan fingerprint density at radius 2 is 1.64 bits per heavy atom. The van der Waals surface area contributed by atoms with E-state index in [0.717, 1.165) is 12.3 Å². The van der Waals surface area contributed by atoms with E-state index >= 15 is 0 Å². The Morgan fingerprint density at radius 3 is 2.26 bits per heavy atom. The molecule has 202 valence electrons. The Balaban J connectivity index is 1.41. The van der Waals surface area contributed by atoms with Gasteiger partial charge in [0, 0.05) is 23.0 Å². The van der Waals surface area contributed by atoms with E-state index < -0.39 is 27.6 Å². The minimum atomic E-state index is -4.56. The summed E-state index contributed by atoms with van der Waals surface area (Å²) in [5.74, 6) is 0.222. The molecule has 2 heterocycles. The first-order chi connectivity index (χ1) is 18.3. The topological polar surface area (TPSA) is 149 Å². The molecule has 4 aromatic rings. The zero-order valence-corrected chi connectivity index (χ0v) is 21.4. The molecule has 0 aliphatic heterocycles. The van der Waals surface area contributed by atoms with Crippen LogP contribution in [0.15, 0.2) is 72.0 Å². The first-order valence-electron chi connectivity index (χ1n) is 10.8. The first-order valence-corrected chi connectivity index (χ1v) is 13.1. The lowest BCUT2D eigenvalue weighted by Crippen LogP contribution is -2.21. The van der Waals surface area contributed by atoms with Crippen LogP contribution in [0.4, 0.5) is 35.2 Å². The summed E-state index contributed by atoms with van der Waals surface area (Å²) in [6.45, 7) is 0. The SMILES string of the molecule is CS(=O)(=O)c1ccc(Cl)cc1NC(=O)Nc1cnc(Oc2ccc(-c3cc(C(F)(F)F)cnc3N)cc2)nc1. The van der Waals surface area contributed by atoms with Gasteiger partial charge in [0.25, 0.3) is 0 Å². The Hall–Kier alpha value is -4.43. The monoisotopic (exact) mass is 578 g/mol. The number of carbonyl (C=O) groups excluding carboxylic acids is 1. The molecule has 0 bridgehead atoms. The number of nitrogens with two attached hydrogens (primary N) is 1. The quantitative estimate of drug-likeness (QED) is 0.266. The molecule has 0 unspecified atom stereocenters. The number of rotatable bonds is 6. The van der Waals surface area contributed by atoms with Crippen molar-refractivity contribution in [2.75, 3.05) is 22.6 Å². The Labute approximate surface area is 224 Å².